The van der Waals surface area contributed by atoms with Gasteiger partial charge in [-0.25, -0.2) is 8.78 Å². The van der Waals surface area contributed by atoms with E-state index in [1.54, 1.807) is 0 Å². The van der Waals surface area contributed by atoms with Crippen molar-refractivity contribution in [1.82, 2.24) is 29.5 Å². The molecule has 2 aliphatic rings. The van der Waals surface area contributed by atoms with Gasteiger partial charge in [0, 0.05) is 4.47 Å². The number of anilines is 2. The lowest BCUT2D eigenvalue weighted by molar-refractivity contribution is 0.520. The number of nitrogens with zero attached hydrogens (tertiary/aromatic N) is 6. The Bertz CT molecular complexity index is 1600. The first-order chi connectivity index (χ1) is 18.3. The molecule has 2 N–H and O–H groups in total. The molecule has 0 amide bonds. The zero-order chi connectivity index (χ0) is 28.4. The minimum absolute atomic E-state index is 0.237. The third kappa shape index (κ3) is 4.21. The van der Waals surface area contributed by atoms with Crippen molar-refractivity contribution >= 4 is 27.3 Å². The molecule has 0 saturated heterocycles. The fourth-order valence-electron chi connectivity index (χ4n) is 5.43. The molecule has 4 heterocycles. The number of hydrogen-bond donors (Lipinski definition) is 2. The first-order valence-corrected chi connectivity index (χ1v) is 13.9. The van der Waals surface area contributed by atoms with E-state index < -0.39 is 11.1 Å². The van der Waals surface area contributed by atoms with E-state index >= 15 is 0 Å². The lowest BCUT2D eigenvalue weighted by Crippen LogP contribution is -2.37. The Hall–Kier alpha value is -3.34. The van der Waals surface area contributed by atoms with E-state index in [2.05, 4.69) is 60.8 Å². The van der Waals surface area contributed by atoms with Crippen molar-refractivity contribution in [3.8, 4) is 11.4 Å². The predicted octanol–water partition coefficient (Wildman–Crippen LogP) is 6.64. The quantitative estimate of drug-likeness (QED) is 0.269. The van der Waals surface area contributed by atoms with E-state index in [-0.39, 0.29) is 11.6 Å². The zero-order valence-electron chi connectivity index (χ0n) is 23.5. The van der Waals surface area contributed by atoms with Gasteiger partial charge in [0.1, 0.15) is 23.3 Å². The monoisotopic (exact) mass is 598 g/mol. The van der Waals surface area contributed by atoms with Crippen molar-refractivity contribution in [3.05, 3.63) is 68.7 Å². The van der Waals surface area contributed by atoms with Crippen LogP contribution >= 0.6 is 15.9 Å². The topological polar surface area (TPSA) is 85.5 Å². The minimum atomic E-state index is -0.464. The highest BCUT2D eigenvalue weighted by Crippen LogP contribution is 2.43. The van der Waals surface area contributed by atoms with E-state index in [9.17, 15) is 8.78 Å². The van der Waals surface area contributed by atoms with Crippen LogP contribution in [0.5, 0.6) is 0 Å². The molecule has 4 aromatic rings. The normalized spacial score (nSPS) is 15.6. The molecular weight excluding hydrogens is 566 g/mol. The first kappa shape index (κ1) is 27.2. The summed E-state index contributed by atoms with van der Waals surface area (Å²) in [6.07, 6.45) is 1.63. The summed E-state index contributed by atoms with van der Waals surface area (Å²) < 4.78 is 33.2. The Morgan fingerprint density at radius 3 is 1.79 bits per heavy atom. The third-order valence-corrected chi connectivity index (χ3v) is 8.05. The lowest BCUT2D eigenvalue weighted by atomic mass is 9.97. The largest absolute Gasteiger partial charge is 0.369 e. The van der Waals surface area contributed by atoms with Gasteiger partial charge in [0.2, 0.25) is 0 Å². The molecule has 206 valence electrons. The highest BCUT2D eigenvalue weighted by Gasteiger charge is 2.38. The van der Waals surface area contributed by atoms with Crippen LogP contribution in [0.4, 0.5) is 20.2 Å². The van der Waals surface area contributed by atoms with Gasteiger partial charge >= 0.3 is 0 Å². The molecule has 0 spiro atoms. The van der Waals surface area contributed by atoms with Gasteiger partial charge in [-0.3, -0.25) is 9.13 Å². The number of hydrogen-bond acceptors (Lipinski definition) is 6. The van der Waals surface area contributed by atoms with Crippen LogP contribution in [-0.2, 0) is 23.9 Å². The maximum absolute atomic E-state index is 14.4. The smallest absolute Gasteiger partial charge is 0.162 e. The number of rotatable bonds is 2. The van der Waals surface area contributed by atoms with E-state index in [0.29, 0.717) is 11.4 Å². The molecule has 0 aliphatic carbocycles. The van der Waals surface area contributed by atoms with Gasteiger partial charge in [0.25, 0.3) is 0 Å². The van der Waals surface area contributed by atoms with Crippen LogP contribution in [0.1, 0.15) is 76.0 Å². The minimum Gasteiger partial charge on any atom is -0.369 e. The van der Waals surface area contributed by atoms with Crippen LogP contribution in [0.15, 0.2) is 22.7 Å². The van der Waals surface area contributed by atoms with Crippen LogP contribution in [0.2, 0.25) is 0 Å². The molecule has 6 rings (SSSR count). The fraction of sp³-hybridized carbons (Fsp3) is 0.429. The van der Waals surface area contributed by atoms with Crippen molar-refractivity contribution in [1.29, 1.82) is 0 Å². The van der Waals surface area contributed by atoms with Crippen molar-refractivity contribution in [2.45, 2.75) is 79.3 Å². The summed E-state index contributed by atoms with van der Waals surface area (Å²) in [4.78, 5) is 0. The van der Waals surface area contributed by atoms with E-state index in [0.717, 1.165) is 63.1 Å². The summed E-state index contributed by atoms with van der Waals surface area (Å²) >= 11 is 3.46. The van der Waals surface area contributed by atoms with Gasteiger partial charge in [0.15, 0.2) is 11.6 Å². The Kier molecular flexibility index (Phi) is 6.56. The molecule has 2 aromatic carbocycles. The summed E-state index contributed by atoms with van der Waals surface area (Å²) in [5.41, 5.74) is 3.95. The van der Waals surface area contributed by atoms with Gasteiger partial charge in [-0.15, -0.1) is 20.4 Å². The van der Waals surface area contributed by atoms with Crippen LogP contribution in [0.3, 0.4) is 0 Å². The van der Waals surface area contributed by atoms with Crippen molar-refractivity contribution < 1.29 is 8.78 Å². The molecule has 8 nitrogen and oxygen atoms in total. The highest BCUT2D eigenvalue weighted by molar-refractivity contribution is 9.10. The van der Waals surface area contributed by atoms with Gasteiger partial charge in [-0.1, -0.05) is 35.8 Å². The number of halogens is 3. The number of aryl methyl sites for hydroxylation is 3. The predicted molar refractivity (Wildman–Crippen MR) is 152 cm³/mol. The average molecular weight is 600 g/mol. The zero-order valence-corrected chi connectivity index (χ0v) is 25.0. The van der Waals surface area contributed by atoms with Crippen LogP contribution in [0.25, 0.3) is 11.4 Å². The fourth-order valence-corrected chi connectivity index (χ4v) is 6.09. The molecule has 2 aromatic heterocycles. The molecule has 0 atom stereocenters. The molecule has 11 heteroatoms. The number of nitrogens with one attached hydrogen (secondary N) is 2. The Morgan fingerprint density at radius 2 is 1.28 bits per heavy atom. The molecule has 2 aliphatic heterocycles. The average Bonchev–Trinajstić information content (AvgIpc) is 3.45. The lowest BCUT2D eigenvalue weighted by Gasteiger charge is -2.35. The van der Waals surface area contributed by atoms with Crippen LogP contribution < -0.4 is 10.6 Å². The SMILES string of the molecule is CCc1c(Br)cc(F)c2c1-n1c(C)nnc1C(C)(C)N2.CCc1ccc(F)c2c1-n1c(C)nnc1C(C)(C)N2. The second kappa shape index (κ2) is 9.39. The third-order valence-electron chi connectivity index (χ3n) is 7.34. The summed E-state index contributed by atoms with van der Waals surface area (Å²) in [6.45, 7) is 15.8. The van der Waals surface area contributed by atoms with E-state index in [4.69, 9.17) is 0 Å². The van der Waals surface area contributed by atoms with Gasteiger partial charge in [-0.05, 0) is 77.6 Å². The molecule has 0 radical (unpaired) electrons. The molecule has 0 saturated carbocycles. The Labute approximate surface area is 235 Å². The molecule has 0 bridgehead atoms. The van der Waals surface area contributed by atoms with E-state index in [1.807, 2.05) is 56.7 Å². The molecular formula is C28H33BrF2N8. The maximum Gasteiger partial charge on any atom is 0.162 e. The summed E-state index contributed by atoms with van der Waals surface area (Å²) in [5.74, 6) is 2.66. The van der Waals surface area contributed by atoms with Gasteiger partial charge < -0.3 is 10.6 Å². The van der Waals surface area contributed by atoms with Crippen LogP contribution in [0, 0.1) is 25.5 Å². The number of fused-ring (bicyclic) bond motifs is 6. The van der Waals surface area contributed by atoms with Crippen molar-refractivity contribution in [2.75, 3.05) is 10.6 Å². The Morgan fingerprint density at radius 1 is 0.769 bits per heavy atom. The first-order valence-electron chi connectivity index (χ1n) is 13.1. The summed E-state index contributed by atoms with van der Waals surface area (Å²) in [5, 5.41) is 23.3. The van der Waals surface area contributed by atoms with Crippen molar-refractivity contribution in [3.63, 3.8) is 0 Å². The van der Waals surface area contributed by atoms with Crippen molar-refractivity contribution in [2.24, 2.45) is 0 Å². The maximum atomic E-state index is 14.4. The summed E-state index contributed by atoms with van der Waals surface area (Å²) in [6, 6.07) is 4.87. The second-order valence-electron chi connectivity index (χ2n) is 11.0. The van der Waals surface area contributed by atoms with Gasteiger partial charge in [0.05, 0.1) is 33.8 Å². The molecule has 0 unspecified atom stereocenters. The van der Waals surface area contributed by atoms with E-state index in [1.165, 1.54) is 12.1 Å². The number of aromatic nitrogens is 6. The second-order valence-corrected chi connectivity index (χ2v) is 11.8. The van der Waals surface area contributed by atoms with Gasteiger partial charge in [-0.2, -0.15) is 0 Å². The number of benzene rings is 2. The highest BCUT2D eigenvalue weighted by atomic mass is 79.9. The standard InChI is InChI=1S/C14H16BrFN4.C14H17FN4/c1-5-8-9(15)6-10(16)11-12(8)20-7(2)18-19-13(20)14(3,4)17-11;1-5-9-6-7-10(15)11-12(9)19-8(2)17-18-13(19)14(3,4)16-11/h6,17H,5H2,1-4H3;6-7,16H,5H2,1-4H3. The Balaban J connectivity index is 0.000000158. The summed E-state index contributed by atoms with van der Waals surface area (Å²) in [7, 11) is 0. The molecule has 39 heavy (non-hydrogen) atoms. The molecule has 0 fully saturated rings. The van der Waals surface area contributed by atoms with Crippen LogP contribution in [-0.4, -0.2) is 29.5 Å².